The molecule has 0 aliphatic rings. The summed E-state index contributed by atoms with van der Waals surface area (Å²) in [6.07, 6.45) is 1.10. The molecule has 0 atom stereocenters. The van der Waals surface area contributed by atoms with Crippen molar-refractivity contribution in [1.82, 2.24) is 0 Å². The summed E-state index contributed by atoms with van der Waals surface area (Å²) >= 11 is 3.56. The van der Waals surface area contributed by atoms with Gasteiger partial charge in [0.05, 0.1) is 12.3 Å². The van der Waals surface area contributed by atoms with E-state index in [0.29, 0.717) is 19.4 Å². The van der Waals surface area contributed by atoms with Gasteiger partial charge in [-0.3, -0.25) is 4.79 Å². The van der Waals surface area contributed by atoms with Crippen molar-refractivity contribution in [2.24, 2.45) is 0 Å². The van der Waals surface area contributed by atoms with Gasteiger partial charge in [-0.25, -0.2) is 0 Å². The zero-order chi connectivity index (χ0) is 20.9. The summed E-state index contributed by atoms with van der Waals surface area (Å²) < 4.78 is 6.67. The fourth-order valence-electron chi connectivity index (χ4n) is 2.77. The van der Waals surface area contributed by atoms with Crippen molar-refractivity contribution >= 4 is 27.5 Å². The molecule has 0 spiro atoms. The molecule has 0 aromatic heterocycles. The van der Waals surface area contributed by atoms with Crippen molar-refractivity contribution in [2.45, 2.75) is 65.2 Å². The minimum absolute atomic E-state index is 0.00381. The Labute approximate surface area is 178 Å². The number of benzene rings is 2. The number of halogens is 1. The quantitative estimate of drug-likeness (QED) is 0.493. The van der Waals surface area contributed by atoms with Crippen LogP contribution < -0.4 is 10.1 Å². The van der Waals surface area contributed by atoms with Gasteiger partial charge in [-0.05, 0) is 68.6 Å². The molecule has 0 saturated carbocycles. The molecule has 28 heavy (non-hydrogen) atoms. The first-order chi connectivity index (χ1) is 13.0. The molecule has 0 bridgehead atoms. The van der Waals surface area contributed by atoms with Crippen LogP contribution in [0.15, 0.2) is 46.9 Å². The van der Waals surface area contributed by atoms with Gasteiger partial charge in [0, 0.05) is 10.9 Å². The number of hydrogen-bond donors (Lipinski definition) is 1. The molecule has 1 amide bonds. The van der Waals surface area contributed by atoms with Crippen LogP contribution >= 0.6 is 15.9 Å². The lowest BCUT2D eigenvalue weighted by Crippen LogP contribution is -2.15. The fourth-order valence-corrected chi connectivity index (χ4v) is 3.25. The molecule has 0 aliphatic heterocycles. The number of anilines is 1. The molecular formula is C24H32BrNO2. The van der Waals surface area contributed by atoms with Crippen molar-refractivity contribution < 1.29 is 9.53 Å². The average Bonchev–Trinajstić information content (AvgIpc) is 2.59. The summed E-state index contributed by atoms with van der Waals surface area (Å²) in [5, 5.41) is 2.97. The average molecular weight is 446 g/mol. The third kappa shape index (κ3) is 6.66. The summed E-state index contributed by atoms with van der Waals surface area (Å²) in [6.45, 7) is 13.6. The number of amides is 1. The highest BCUT2D eigenvalue weighted by atomic mass is 79.9. The van der Waals surface area contributed by atoms with E-state index in [-0.39, 0.29) is 16.7 Å². The van der Waals surface area contributed by atoms with E-state index in [0.717, 1.165) is 15.9 Å². The standard InChI is InChI=1S/C24H32BrNO2/c1-23(2,3)17-9-12-19(13-10-17)28-15-7-8-22(27)26-21-14-11-18(16-20(21)25)24(4,5)6/h9-14,16H,7-8,15H2,1-6H3,(H,26,27). The third-order valence-corrected chi connectivity index (χ3v) is 5.30. The van der Waals surface area contributed by atoms with E-state index in [1.54, 1.807) is 0 Å². The molecule has 0 saturated heterocycles. The summed E-state index contributed by atoms with van der Waals surface area (Å²) in [4.78, 5) is 12.2. The van der Waals surface area contributed by atoms with Crippen molar-refractivity contribution in [3.63, 3.8) is 0 Å². The lowest BCUT2D eigenvalue weighted by Gasteiger charge is -2.20. The Morgan fingerprint density at radius 2 is 1.50 bits per heavy atom. The van der Waals surface area contributed by atoms with E-state index in [4.69, 9.17) is 4.74 Å². The van der Waals surface area contributed by atoms with Crippen LogP contribution in [0.1, 0.15) is 65.5 Å². The number of rotatable bonds is 6. The lowest BCUT2D eigenvalue weighted by atomic mass is 9.87. The van der Waals surface area contributed by atoms with Gasteiger partial charge >= 0.3 is 0 Å². The predicted octanol–water partition coefficient (Wildman–Crippen LogP) is 6.84. The summed E-state index contributed by atoms with van der Waals surface area (Å²) in [6, 6.07) is 14.3. The minimum atomic E-state index is -0.00381. The summed E-state index contributed by atoms with van der Waals surface area (Å²) in [5.74, 6) is 0.838. The van der Waals surface area contributed by atoms with Gasteiger partial charge in [-0.2, -0.15) is 0 Å². The molecule has 0 unspecified atom stereocenters. The Bertz CT molecular complexity index is 799. The monoisotopic (exact) mass is 445 g/mol. The molecule has 3 nitrogen and oxygen atoms in total. The highest BCUT2D eigenvalue weighted by Gasteiger charge is 2.16. The molecule has 2 aromatic rings. The van der Waals surface area contributed by atoms with E-state index in [2.05, 4.69) is 87.1 Å². The van der Waals surface area contributed by atoms with Crippen LogP contribution in [0.4, 0.5) is 5.69 Å². The van der Waals surface area contributed by atoms with Crippen molar-refractivity contribution in [2.75, 3.05) is 11.9 Å². The highest BCUT2D eigenvalue weighted by molar-refractivity contribution is 9.10. The lowest BCUT2D eigenvalue weighted by molar-refractivity contribution is -0.116. The van der Waals surface area contributed by atoms with E-state index < -0.39 is 0 Å². The predicted molar refractivity (Wildman–Crippen MR) is 121 cm³/mol. The van der Waals surface area contributed by atoms with Crippen LogP contribution in [-0.2, 0) is 15.6 Å². The van der Waals surface area contributed by atoms with Crippen LogP contribution in [0.25, 0.3) is 0 Å². The van der Waals surface area contributed by atoms with Crippen molar-refractivity contribution in [3.8, 4) is 5.75 Å². The Balaban J connectivity index is 1.79. The molecule has 0 radical (unpaired) electrons. The Morgan fingerprint density at radius 3 is 2.04 bits per heavy atom. The zero-order valence-corrected chi connectivity index (χ0v) is 19.4. The Kier molecular flexibility index (Phi) is 7.33. The molecule has 2 aromatic carbocycles. The van der Waals surface area contributed by atoms with Gasteiger partial charge in [0.1, 0.15) is 5.75 Å². The van der Waals surface area contributed by atoms with Crippen LogP contribution in [0.2, 0.25) is 0 Å². The highest BCUT2D eigenvalue weighted by Crippen LogP contribution is 2.30. The van der Waals surface area contributed by atoms with Crippen LogP contribution in [0.3, 0.4) is 0 Å². The summed E-state index contributed by atoms with van der Waals surface area (Å²) in [5.41, 5.74) is 3.52. The van der Waals surface area contributed by atoms with E-state index in [1.807, 2.05) is 18.2 Å². The number of ether oxygens (including phenoxy) is 1. The van der Waals surface area contributed by atoms with Gasteiger partial charge < -0.3 is 10.1 Å². The Morgan fingerprint density at radius 1 is 0.929 bits per heavy atom. The van der Waals surface area contributed by atoms with Crippen LogP contribution in [0.5, 0.6) is 5.75 Å². The molecule has 0 heterocycles. The Hall–Kier alpha value is -1.81. The third-order valence-electron chi connectivity index (χ3n) is 4.65. The van der Waals surface area contributed by atoms with Crippen LogP contribution in [0, 0.1) is 0 Å². The SMILES string of the molecule is CC(C)(C)c1ccc(OCCCC(=O)Nc2ccc(C(C)(C)C)cc2Br)cc1. The van der Waals surface area contributed by atoms with E-state index >= 15 is 0 Å². The maximum atomic E-state index is 12.2. The first kappa shape index (κ1) is 22.5. The topological polar surface area (TPSA) is 38.3 Å². The minimum Gasteiger partial charge on any atom is -0.494 e. The molecule has 0 fully saturated rings. The maximum Gasteiger partial charge on any atom is 0.224 e. The molecule has 152 valence electrons. The zero-order valence-electron chi connectivity index (χ0n) is 17.9. The van der Waals surface area contributed by atoms with Crippen molar-refractivity contribution in [1.29, 1.82) is 0 Å². The first-order valence-corrected chi connectivity index (χ1v) is 10.6. The van der Waals surface area contributed by atoms with Gasteiger partial charge in [-0.15, -0.1) is 0 Å². The maximum absolute atomic E-state index is 12.2. The van der Waals surface area contributed by atoms with E-state index in [9.17, 15) is 4.79 Å². The molecule has 4 heteroatoms. The number of carbonyl (C=O) groups is 1. The summed E-state index contributed by atoms with van der Waals surface area (Å²) in [7, 11) is 0. The van der Waals surface area contributed by atoms with Gasteiger partial charge in [0.15, 0.2) is 0 Å². The van der Waals surface area contributed by atoms with Crippen LogP contribution in [-0.4, -0.2) is 12.5 Å². The van der Waals surface area contributed by atoms with Crippen molar-refractivity contribution in [3.05, 3.63) is 58.1 Å². The number of nitrogens with one attached hydrogen (secondary N) is 1. The normalized spacial score (nSPS) is 12.0. The van der Waals surface area contributed by atoms with Gasteiger partial charge in [-0.1, -0.05) is 59.7 Å². The second-order valence-electron chi connectivity index (χ2n) is 9.22. The molecular weight excluding hydrogens is 414 g/mol. The number of hydrogen-bond acceptors (Lipinski definition) is 2. The molecule has 2 rings (SSSR count). The van der Waals surface area contributed by atoms with E-state index in [1.165, 1.54) is 11.1 Å². The second-order valence-corrected chi connectivity index (χ2v) is 10.1. The molecule has 1 N–H and O–H groups in total. The van der Waals surface area contributed by atoms with Gasteiger partial charge in [0.2, 0.25) is 5.91 Å². The molecule has 0 aliphatic carbocycles. The first-order valence-electron chi connectivity index (χ1n) is 9.80. The smallest absolute Gasteiger partial charge is 0.224 e. The largest absolute Gasteiger partial charge is 0.494 e. The van der Waals surface area contributed by atoms with Gasteiger partial charge in [0.25, 0.3) is 0 Å². The number of carbonyl (C=O) groups excluding carboxylic acids is 1. The second kappa shape index (κ2) is 9.13. The fraction of sp³-hybridized carbons (Fsp3) is 0.458.